The van der Waals surface area contributed by atoms with Crippen molar-refractivity contribution in [3.63, 3.8) is 0 Å². The molecule has 3 atom stereocenters. The molecule has 1 aliphatic heterocycles. The smallest absolute Gasteiger partial charge is 0.0127 e. The summed E-state index contributed by atoms with van der Waals surface area (Å²) in [6, 6.07) is 1.89. The third kappa shape index (κ3) is 1.19. The van der Waals surface area contributed by atoms with Crippen LogP contribution in [0.4, 0.5) is 0 Å². The normalized spacial score (nSPS) is 42.0. The molecule has 0 N–H and O–H groups in total. The van der Waals surface area contributed by atoms with Crippen LogP contribution in [0.25, 0.3) is 0 Å². The van der Waals surface area contributed by atoms with E-state index in [-0.39, 0.29) is 0 Å². The number of fused-ring (bicyclic) bond motifs is 1. The van der Waals surface area contributed by atoms with Crippen molar-refractivity contribution in [3.05, 3.63) is 0 Å². The zero-order valence-corrected chi connectivity index (χ0v) is 8.42. The largest absolute Gasteiger partial charge is 0.297 e. The molecule has 0 aromatic carbocycles. The van der Waals surface area contributed by atoms with Crippen LogP contribution in [0.3, 0.4) is 0 Å². The summed E-state index contributed by atoms with van der Waals surface area (Å²) in [5, 5.41) is 0. The van der Waals surface area contributed by atoms with Crippen LogP contribution in [-0.2, 0) is 0 Å². The molecule has 1 heterocycles. The summed E-state index contributed by atoms with van der Waals surface area (Å²) in [5.74, 6) is 1.06. The average molecular weight is 167 g/mol. The van der Waals surface area contributed by atoms with Gasteiger partial charge in [-0.05, 0) is 38.1 Å². The SMILES string of the molecule is CCC1CC2CCCC2N1CC. The molecule has 1 saturated carbocycles. The highest BCUT2D eigenvalue weighted by Crippen LogP contribution is 2.41. The lowest BCUT2D eigenvalue weighted by atomic mass is 10.0. The summed E-state index contributed by atoms with van der Waals surface area (Å²) >= 11 is 0. The Labute approximate surface area is 76.1 Å². The van der Waals surface area contributed by atoms with E-state index in [0.29, 0.717) is 0 Å². The molecule has 3 unspecified atom stereocenters. The molecule has 1 heteroatoms. The fourth-order valence-electron chi connectivity index (χ4n) is 3.38. The number of hydrogen-bond acceptors (Lipinski definition) is 1. The highest BCUT2D eigenvalue weighted by atomic mass is 15.2. The van der Waals surface area contributed by atoms with Crippen molar-refractivity contribution >= 4 is 0 Å². The molecule has 2 aliphatic rings. The summed E-state index contributed by atoms with van der Waals surface area (Å²) in [6.45, 7) is 5.94. The van der Waals surface area contributed by atoms with Gasteiger partial charge in [-0.2, -0.15) is 0 Å². The molecule has 0 spiro atoms. The molecule has 70 valence electrons. The van der Waals surface area contributed by atoms with E-state index in [1.165, 1.54) is 38.6 Å². The summed E-state index contributed by atoms with van der Waals surface area (Å²) in [5.41, 5.74) is 0. The summed E-state index contributed by atoms with van der Waals surface area (Å²) < 4.78 is 0. The van der Waals surface area contributed by atoms with E-state index in [9.17, 15) is 0 Å². The maximum Gasteiger partial charge on any atom is 0.0127 e. The van der Waals surface area contributed by atoms with Crippen molar-refractivity contribution in [2.24, 2.45) is 5.92 Å². The predicted molar refractivity (Wildman–Crippen MR) is 52.2 cm³/mol. The first kappa shape index (κ1) is 8.55. The minimum Gasteiger partial charge on any atom is -0.297 e. The van der Waals surface area contributed by atoms with Gasteiger partial charge in [0.15, 0.2) is 0 Å². The van der Waals surface area contributed by atoms with Crippen molar-refractivity contribution in [2.75, 3.05) is 6.54 Å². The molecule has 2 rings (SSSR count). The molecule has 0 aromatic rings. The van der Waals surface area contributed by atoms with E-state index in [4.69, 9.17) is 0 Å². The highest BCUT2D eigenvalue weighted by molar-refractivity contribution is 4.96. The monoisotopic (exact) mass is 167 g/mol. The van der Waals surface area contributed by atoms with Gasteiger partial charge in [0, 0.05) is 12.1 Å². The molecule has 0 radical (unpaired) electrons. The van der Waals surface area contributed by atoms with E-state index < -0.39 is 0 Å². The van der Waals surface area contributed by atoms with E-state index in [1.807, 2.05) is 0 Å². The van der Waals surface area contributed by atoms with Crippen LogP contribution in [-0.4, -0.2) is 23.5 Å². The summed E-state index contributed by atoms with van der Waals surface area (Å²) in [6.07, 6.45) is 7.34. The molecule has 0 aromatic heterocycles. The Morgan fingerprint density at radius 3 is 2.75 bits per heavy atom. The number of hydrogen-bond donors (Lipinski definition) is 0. The Hall–Kier alpha value is -0.0400. The molecular weight excluding hydrogens is 146 g/mol. The van der Waals surface area contributed by atoms with Gasteiger partial charge in [0.05, 0.1) is 0 Å². The molecule has 1 aliphatic carbocycles. The lowest BCUT2D eigenvalue weighted by Crippen LogP contribution is -2.35. The second kappa shape index (κ2) is 3.37. The quantitative estimate of drug-likeness (QED) is 0.611. The molecule has 1 saturated heterocycles. The van der Waals surface area contributed by atoms with Crippen molar-refractivity contribution in [2.45, 2.75) is 58.0 Å². The Kier molecular flexibility index (Phi) is 2.40. The van der Waals surface area contributed by atoms with Crippen LogP contribution in [0.15, 0.2) is 0 Å². The first-order valence-corrected chi connectivity index (χ1v) is 5.62. The van der Waals surface area contributed by atoms with Gasteiger partial charge in [0.1, 0.15) is 0 Å². The second-order valence-corrected chi connectivity index (χ2v) is 4.39. The van der Waals surface area contributed by atoms with Crippen LogP contribution in [0.5, 0.6) is 0 Å². The van der Waals surface area contributed by atoms with E-state index in [1.54, 1.807) is 0 Å². The highest BCUT2D eigenvalue weighted by Gasteiger charge is 2.41. The van der Waals surface area contributed by atoms with Gasteiger partial charge in [-0.25, -0.2) is 0 Å². The van der Waals surface area contributed by atoms with E-state index in [2.05, 4.69) is 18.7 Å². The molecule has 0 amide bonds. The topological polar surface area (TPSA) is 3.24 Å². The zero-order valence-electron chi connectivity index (χ0n) is 8.42. The van der Waals surface area contributed by atoms with Gasteiger partial charge in [0.25, 0.3) is 0 Å². The van der Waals surface area contributed by atoms with Crippen molar-refractivity contribution in [1.82, 2.24) is 4.90 Å². The van der Waals surface area contributed by atoms with Gasteiger partial charge in [0.2, 0.25) is 0 Å². The van der Waals surface area contributed by atoms with Crippen molar-refractivity contribution in [3.8, 4) is 0 Å². The minimum absolute atomic E-state index is 0.922. The standard InChI is InChI=1S/C11H21N/c1-3-10-8-9-6-5-7-11(9)12(10)4-2/h9-11H,3-8H2,1-2H3. The Balaban J connectivity index is 2.05. The molecule has 1 nitrogen and oxygen atoms in total. The van der Waals surface area contributed by atoms with Gasteiger partial charge in [-0.15, -0.1) is 0 Å². The van der Waals surface area contributed by atoms with Crippen LogP contribution >= 0.6 is 0 Å². The Morgan fingerprint density at radius 1 is 1.25 bits per heavy atom. The molecular formula is C11H21N. The minimum atomic E-state index is 0.922. The van der Waals surface area contributed by atoms with Crippen LogP contribution in [0.2, 0.25) is 0 Å². The van der Waals surface area contributed by atoms with Gasteiger partial charge >= 0.3 is 0 Å². The van der Waals surface area contributed by atoms with Crippen molar-refractivity contribution in [1.29, 1.82) is 0 Å². The van der Waals surface area contributed by atoms with Crippen LogP contribution in [0, 0.1) is 5.92 Å². The molecule has 0 bridgehead atoms. The summed E-state index contributed by atoms with van der Waals surface area (Å²) in [7, 11) is 0. The number of nitrogens with zero attached hydrogens (tertiary/aromatic N) is 1. The first-order valence-electron chi connectivity index (χ1n) is 5.62. The van der Waals surface area contributed by atoms with Gasteiger partial charge < -0.3 is 0 Å². The fraction of sp³-hybridized carbons (Fsp3) is 1.00. The lowest BCUT2D eigenvalue weighted by molar-refractivity contribution is 0.193. The Bertz CT molecular complexity index is 155. The lowest BCUT2D eigenvalue weighted by Gasteiger charge is -2.27. The predicted octanol–water partition coefficient (Wildman–Crippen LogP) is 2.66. The third-order valence-corrected chi connectivity index (χ3v) is 3.93. The Morgan fingerprint density at radius 2 is 2.08 bits per heavy atom. The maximum absolute atomic E-state index is 2.76. The van der Waals surface area contributed by atoms with E-state index >= 15 is 0 Å². The van der Waals surface area contributed by atoms with Crippen molar-refractivity contribution < 1.29 is 0 Å². The zero-order chi connectivity index (χ0) is 8.55. The molecule has 12 heavy (non-hydrogen) atoms. The second-order valence-electron chi connectivity index (χ2n) is 4.39. The summed E-state index contributed by atoms with van der Waals surface area (Å²) in [4.78, 5) is 2.76. The van der Waals surface area contributed by atoms with Crippen LogP contribution < -0.4 is 0 Å². The number of rotatable bonds is 2. The third-order valence-electron chi connectivity index (χ3n) is 3.93. The fourth-order valence-corrected chi connectivity index (χ4v) is 3.38. The first-order chi connectivity index (χ1) is 5.86. The number of likely N-dealkylation sites (tertiary alicyclic amines) is 1. The van der Waals surface area contributed by atoms with E-state index in [0.717, 1.165) is 18.0 Å². The van der Waals surface area contributed by atoms with Gasteiger partial charge in [-0.1, -0.05) is 20.3 Å². The van der Waals surface area contributed by atoms with Gasteiger partial charge in [-0.3, -0.25) is 4.90 Å². The maximum atomic E-state index is 2.76. The average Bonchev–Trinajstić information content (AvgIpc) is 2.61. The molecule has 2 fully saturated rings. The van der Waals surface area contributed by atoms with Crippen LogP contribution in [0.1, 0.15) is 46.0 Å².